The molecule has 0 aliphatic heterocycles. The summed E-state index contributed by atoms with van der Waals surface area (Å²) in [7, 11) is 1.84. The van der Waals surface area contributed by atoms with Gasteiger partial charge in [0.05, 0.1) is 12.1 Å². The average molecular weight is 351 g/mol. The van der Waals surface area contributed by atoms with Crippen LogP contribution in [0.3, 0.4) is 0 Å². The lowest BCUT2D eigenvalue weighted by atomic mass is 10.0. The number of aliphatic hydroxyl groups is 1. The number of aromatic nitrogens is 1. The molecule has 0 saturated heterocycles. The first kappa shape index (κ1) is 17.8. The van der Waals surface area contributed by atoms with E-state index in [2.05, 4.69) is 28.1 Å². The Labute approximate surface area is 147 Å². The molecule has 0 bridgehead atoms. The van der Waals surface area contributed by atoms with Crippen molar-refractivity contribution in [3.05, 3.63) is 71.4 Å². The molecule has 0 unspecified atom stereocenters. The van der Waals surface area contributed by atoms with Gasteiger partial charge in [-0.25, -0.2) is 0 Å². The van der Waals surface area contributed by atoms with E-state index in [0.717, 1.165) is 16.5 Å². The second-order valence-electron chi connectivity index (χ2n) is 5.40. The molecule has 0 aliphatic carbocycles. The number of likely N-dealkylation sites (N-methyl/N-ethyl adjacent to an activating group) is 1. The van der Waals surface area contributed by atoms with Crippen LogP contribution in [-0.2, 0) is 0 Å². The molecule has 122 valence electrons. The lowest BCUT2D eigenvalue weighted by Crippen LogP contribution is -2.33. The first-order chi connectivity index (χ1) is 10.7. The van der Waals surface area contributed by atoms with Crippen LogP contribution in [0.4, 0.5) is 0 Å². The molecule has 0 aliphatic rings. The molecular formula is C18H20Cl2N2O. The Balaban J connectivity index is 0.00000192. The van der Waals surface area contributed by atoms with Crippen LogP contribution >= 0.6 is 24.0 Å². The Hall–Kier alpha value is -1.52. The van der Waals surface area contributed by atoms with Crippen LogP contribution in [-0.4, -0.2) is 29.4 Å². The summed E-state index contributed by atoms with van der Waals surface area (Å²) in [5.41, 5.74) is 2.14. The number of hydrogen-bond donors (Lipinski definition) is 2. The molecule has 2 N–H and O–H groups in total. The maximum absolute atomic E-state index is 10.6. The molecule has 5 heteroatoms. The highest BCUT2D eigenvalue weighted by Crippen LogP contribution is 2.28. The molecule has 0 spiro atoms. The normalized spacial score (nSPS) is 13.5. The van der Waals surface area contributed by atoms with Crippen molar-refractivity contribution in [2.45, 2.75) is 12.1 Å². The van der Waals surface area contributed by atoms with Gasteiger partial charge in [0.25, 0.3) is 0 Å². The van der Waals surface area contributed by atoms with Gasteiger partial charge in [0.2, 0.25) is 0 Å². The van der Waals surface area contributed by atoms with Gasteiger partial charge in [-0.15, -0.1) is 12.4 Å². The van der Waals surface area contributed by atoms with E-state index in [1.54, 1.807) is 0 Å². The van der Waals surface area contributed by atoms with Gasteiger partial charge >= 0.3 is 0 Å². The fraction of sp³-hybridized carbons (Fsp3) is 0.222. The topological polar surface area (TPSA) is 37.2 Å². The Morgan fingerprint density at radius 1 is 1.09 bits per heavy atom. The van der Waals surface area contributed by atoms with Gasteiger partial charge in [-0.3, -0.25) is 0 Å². The van der Waals surface area contributed by atoms with Crippen molar-refractivity contribution in [3.8, 4) is 0 Å². The minimum Gasteiger partial charge on any atom is -0.389 e. The third-order valence-electron chi connectivity index (χ3n) is 3.92. The monoisotopic (exact) mass is 350 g/mol. The molecule has 3 rings (SSSR count). The highest BCUT2D eigenvalue weighted by Gasteiger charge is 2.23. The van der Waals surface area contributed by atoms with Crippen molar-refractivity contribution < 1.29 is 5.11 Å². The minimum absolute atomic E-state index is 0. The number of para-hydroxylation sites is 1. The number of nitrogens with zero attached hydrogens (tertiary/aromatic N) is 1. The van der Waals surface area contributed by atoms with Gasteiger partial charge in [-0.1, -0.05) is 41.9 Å². The second-order valence-corrected chi connectivity index (χ2v) is 5.84. The maximum atomic E-state index is 10.6. The second kappa shape index (κ2) is 7.84. The minimum atomic E-state index is -0.540. The van der Waals surface area contributed by atoms with Gasteiger partial charge in [0.1, 0.15) is 0 Å². The fourth-order valence-electron chi connectivity index (χ4n) is 2.90. The molecule has 0 amide bonds. The first-order valence-corrected chi connectivity index (χ1v) is 7.72. The van der Waals surface area contributed by atoms with Gasteiger partial charge in [0.15, 0.2) is 0 Å². The molecule has 2 atom stereocenters. The predicted molar refractivity (Wildman–Crippen MR) is 98.7 cm³/mol. The summed E-state index contributed by atoms with van der Waals surface area (Å²) in [6, 6.07) is 17.8. The smallest absolute Gasteiger partial charge is 0.0912 e. The summed E-state index contributed by atoms with van der Waals surface area (Å²) >= 11 is 6.00. The van der Waals surface area contributed by atoms with Crippen LogP contribution in [0.25, 0.3) is 10.9 Å². The third kappa shape index (κ3) is 3.70. The summed E-state index contributed by atoms with van der Waals surface area (Å²) in [6.07, 6.45) is 1.49. The summed E-state index contributed by atoms with van der Waals surface area (Å²) in [6.45, 7) is 0.514. The molecule has 0 fully saturated rings. The van der Waals surface area contributed by atoms with Crippen LogP contribution in [0.5, 0.6) is 0 Å². The molecule has 3 nitrogen and oxygen atoms in total. The van der Waals surface area contributed by atoms with Crippen LogP contribution in [0.1, 0.15) is 11.6 Å². The van der Waals surface area contributed by atoms with Crippen LogP contribution in [0.15, 0.2) is 60.8 Å². The number of benzene rings is 2. The highest BCUT2D eigenvalue weighted by molar-refractivity contribution is 6.30. The molecule has 3 aromatic rings. The van der Waals surface area contributed by atoms with Gasteiger partial charge < -0.3 is 15.0 Å². The molecule has 2 aromatic carbocycles. The van der Waals surface area contributed by atoms with E-state index >= 15 is 0 Å². The SMILES string of the molecule is CNC[C@@H](O)[C@H](c1ccc(Cl)cc1)n1ccc2ccccc21.Cl. The predicted octanol–water partition coefficient (Wildman–Crippen LogP) is 3.89. The summed E-state index contributed by atoms with van der Waals surface area (Å²) < 4.78 is 2.13. The number of hydrogen-bond acceptors (Lipinski definition) is 2. The molecule has 0 radical (unpaired) electrons. The molecule has 1 aromatic heterocycles. The van der Waals surface area contributed by atoms with Crippen molar-refractivity contribution in [2.75, 3.05) is 13.6 Å². The Morgan fingerprint density at radius 3 is 2.48 bits per heavy atom. The number of aliphatic hydroxyl groups excluding tert-OH is 1. The molecular weight excluding hydrogens is 331 g/mol. The Bertz CT molecular complexity index is 755. The zero-order valence-electron chi connectivity index (χ0n) is 12.8. The molecule has 23 heavy (non-hydrogen) atoms. The van der Waals surface area contributed by atoms with Gasteiger partial charge in [-0.05, 0) is 42.3 Å². The Morgan fingerprint density at radius 2 is 1.78 bits per heavy atom. The number of halogens is 2. The van der Waals surface area contributed by atoms with Crippen molar-refractivity contribution in [1.29, 1.82) is 0 Å². The van der Waals surface area contributed by atoms with Crippen molar-refractivity contribution in [2.24, 2.45) is 0 Å². The van der Waals surface area contributed by atoms with Crippen LogP contribution in [0.2, 0.25) is 5.02 Å². The Kier molecular flexibility index (Phi) is 6.08. The number of nitrogens with one attached hydrogen (secondary N) is 1. The quantitative estimate of drug-likeness (QED) is 0.732. The number of fused-ring (bicyclic) bond motifs is 1. The highest BCUT2D eigenvalue weighted by atomic mass is 35.5. The van der Waals surface area contributed by atoms with E-state index in [0.29, 0.717) is 11.6 Å². The van der Waals surface area contributed by atoms with Crippen molar-refractivity contribution in [3.63, 3.8) is 0 Å². The summed E-state index contributed by atoms with van der Waals surface area (Å²) in [5.74, 6) is 0. The fourth-order valence-corrected chi connectivity index (χ4v) is 3.02. The average Bonchev–Trinajstić information content (AvgIpc) is 2.94. The number of rotatable bonds is 5. The first-order valence-electron chi connectivity index (χ1n) is 7.34. The van der Waals surface area contributed by atoms with Gasteiger partial charge in [0, 0.05) is 23.3 Å². The third-order valence-corrected chi connectivity index (χ3v) is 4.17. The summed E-state index contributed by atoms with van der Waals surface area (Å²) in [5, 5.41) is 15.6. The molecule has 0 saturated carbocycles. The zero-order valence-corrected chi connectivity index (χ0v) is 14.4. The largest absolute Gasteiger partial charge is 0.389 e. The lowest BCUT2D eigenvalue weighted by Gasteiger charge is -2.26. The summed E-state index contributed by atoms with van der Waals surface area (Å²) in [4.78, 5) is 0. The van der Waals surface area contributed by atoms with E-state index in [1.807, 2.05) is 49.6 Å². The van der Waals surface area contributed by atoms with Crippen LogP contribution < -0.4 is 5.32 Å². The van der Waals surface area contributed by atoms with E-state index in [4.69, 9.17) is 11.6 Å². The van der Waals surface area contributed by atoms with Crippen LogP contribution in [0, 0.1) is 0 Å². The van der Waals surface area contributed by atoms with E-state index in [-0.39, 0.29) is 18.4 Å². The zero-order chi connectivity index (χ0) is 15.5. The molecule has 1 heterocycles. The van der Waals surface area contributed by atoms with E-state index < -0.39 is 6.10 Å². The lowest BCUT2D eigenvalue weighted by molar-refractivity contribution is 0.132. The van der Waals surface area contributed by atoms with E-state index in [9.17, 15) is 5.11 Å². The maximum Gasteiger partial charge on any atom is 0.0912 e. The standard InChI is InChI=1S/C18H19ClN2O.ClH/c1-20-12-17(22)18(14-6-8-15(19)9-7-14)21-11-10-13-4-2-3-5-16(13)21;/h2-11,17-18,20,22H,12H2,1H3;1H/t17-,18+;/m1./s1. The van der Waals surface area contributed by atoms with Gasteiger partial charge in [-0.2, -0.15) is 0 Å². The van der Waals surface area contributed by atoms with Crippen molar-refractivity contribution in [1.82, 2.24) is 9.88 Å². The van der Waals surface area contributed by atoms with E-state index in [1.165, 1.54) is 0 Å². The van der Waals surface area contributed by atoms with Crippen molar-refractivity contribution >= 4 is 34.9 Å².